The molecule has 0 aliphatic heterocycles. The number of ether oxygens (including phenoxy) is 2. The Morgan fingerprint density at radius 2 is 0.865 bits per heavy atom. The summed E-state index contributed by atoms with van der Waals surface area (Å²) in [4.78, 5) is 14.0. The number of hydrogen-bond donors (Lipinski definition) is 4. The summed E-state index contributed by atoms with van der Waals surface area (Å²) in [5.74, 6) is 1.20. The molecule has 4 rings (SSSR count). The van der Waals surface area contributed by atoms with Crippen molar-refractivity contribution in [1.82, 2.24) is 15.0 Å². The van der Waals surface area contributed by atoms with Crippen LogP contribution in [0.5, 0.6) is 23.0 Å². The molecule has 0 aliphatic carbocycles. The van der Waals surface area contributed by atoms with Crippen molar-refractivity contribution < 1.29 is 29.9 Å². The second kappa shape index (κ2) is 22.7. The first-order chi connectivity index (χ1) is 25.4. The van der Waals surface area contributed by atoms with Crippen LogP contribution in [0.15, 0.2) is 66.7 Å². The minimum Gasteiger partial charge on any atom is -0.507 e. The predicted octanol–water partition coefficient (Wildman–Crippen LogP) is 10.7. The van der Waals surface area contributed by atoms with Gasteiger partial charge in [-0.1, -0.05) is 134 Å². The first-order valence-corrected chi connectivity index (χ1v) is 19.6. The van der Waals surface area contributed by atoms with Crippen molar-refractivity contribution >= 4 is 0 Å². The largest absolute Gasteiger partial charge is 0.507 e. The molecule has 0 aliphatic rings. The zero-order chi connectivity index (χ0) is 37.0. The number of unbranched alkanes of at least 4 members (excludes halogenated alkanes) is 14. The number of aliphatic hydroxyl groups is 2. The second-order valence-electron chi connectivity index (χ2n) is 13.7. The Hall–Kier alpha value is -4.21. The first-order valence-electron chi connectivity index (χ1n) is 19.6. The Morgan fingerprint density at radius 3 is 1.27 bits per heavy atom. The zero-order valence-electron chi connectivity index (χ0n) is 31.2. The summed E-state index contributed by atoms with van der Waals surface area (Å²) in [7, 11) is 0. The third-order valence-electron chi connectivity index (χ3n) is 9.24. The minimum atomic E-state index is -0.972. The lowest BCUT2D eigenvalue weighted by atomic mass is 10.1. The van der Waals surface area contributed by atoms with Gasteiger partial charge in [-0.25, -0.2) is 15.0 Å². The summed E-state index contributed by atoms with van der Waals surface area (Å²) < 4.78 is 11.4. The maximum Gasteiger partial charge on any atom is 0.197 e. The van der Waals surface area contributed by atoms with E-state index < -0.39 is 12.6 Å². The standard InChI is InChI=1S/C43H59N3O6/c1-3-5-7-9-11-13-15-20-24-39(49)51-33-26-28-35(37(47)30-33)42-44-41(32-22-18-17-19-23-32)45-43(46-42)36-29-27-34(31-38(36)48)52-40(50)25-21-16-14-12-10-8-6-4-2/h17-19,22-23,26-31,39-40,47-50H,3-16,20-21,24-25H2,1-2H3. The highest BCUT2D eigenvalue weighted by Gasteiger charge is 2.19. The molecule has 2 unspecified atom stereocenters. The van der Waals surface area contributed by atoms with E-state index in [4.69, 9.17) is 9.47 Å². The molecule has 3 aromatic carbocycles. The van der Waals surface area contributed by atoms with Crippen molar-refractivity contribution in [3.05, 3.63) is 66.7 Å². The lowest BCUT2D eigenvalue weighted by molar-refractivity contribution is -0.0252. The van der Waals surface area contributed by atoms with Crippen LogP contribution < -0.4 is 9.47 Å². The monoisotopic (exact) mass is 713 g/mol. The van der Waals surface area contributed by atoms with E-state index in [9.17, 15) is 20.4 Å². The highest BCUT2D eigenvalue weighted by molar-refractivity contribution is 5.72. The predicted molar refractivity (Wildman–Crippen MR) is 207 cm³/mol. The average Bonchev–Trinajstić information content (AvgIpc) is 3.14. The van der Waals surface area contributed by atoms with Crippen molar-refractivity contribution in [2.24, 2.45) is 0 Å². The van der Waals surface area contributed by atoms with Gasteiger partial charge in [-0.05, 0) is 37.1 Å². The summed E-state index contributed by atoms with van der Waals surface area (Å²) in [6.45, 7) is 4.44. The second-order valence-corrected chi connectivity index (χ2v) is 13.7. The van der Waals surface area contributed by atoms with Crippen LogP contribution in [0.4, 0.5) is 0 Å². The lowest BCUT2D eigenvalue weighted by Crippen LogP contribution is -2.15. The number of phenolic OH excluding ortho intramolecular Hbond substituents is 2. The van der Waals surface area contributed by atoms with Gasteiger partial charge < -0.3 is 29.9 Å². The summed E-state index contributed by atoms with van der Waals surface area (Å²) in [6.07, 6.45) is 17.9. The topological polar surface area (TPSA) is 138 Å². The normalized spacial score (nSPS) is 12.5. The number of benzene rings is 3. The molecular weight excluding hydrogens is 654 g/mol. The Balaban J connectivity index is 1.42. The molecule has 1 aromatic heterocycles. The van der Waals surface area contributed by atoms with Crippen molar-refractivity contribution in [2.75, 3.05) is 0 Å². The molecule has 1 heterocycles. The fraction of sp³-hybridized carbons (Fsp3) is 0.512. The Bertz CT molecular complexity index is 1510. The maximum absolute atomic E-state index is 11.1. The van der Waals surface area contributed by atoms with Gasteiger partial charge in [-0.3, -0.25) is 0 Å². The summed E-state index contributed by atoms with van der Waals surface area (Å²) in [6, 6.07) is 18.9. The molecule has 52 heavy (non-hydrogen) atoms. The van der Waals surface area contributed by atoms with Crippen LogP contribution in [0.2, 0.25) is 0 Å². The van der Waals surface area contributed by atoms with Crippen LogP contribution in [0.1, 0.15) is 129 Å². The highest BCUT2D eigenvalue weighted by Crippen LogP contribution is 2.36. The summed E-state index contributed by atoms with van der Waals surface area (Å²) in [5, 5.41) is 43.1. The van der Waals surface area contributed by atoms with Gasteiger partial charge in [-0.15, -0.1) is 0 Å². The van der Waals surface area contributed by atoms with Crippen molar-refractivity contribution in [3.63, 3.8) is 0 Å². The smallest absolute Gasteiger partial charge is 0.197 e. The highest BCUT2D eigenvalue weighted by atomic mass is 16.6. The van der Waals surface area contributed by atoms with Crippen molar-refractivity contribution in [1.29, 1.82) is 0 Å². The van der Waals surface area contributed by atoms with E-state index in [-0.39, 0.29) is 23.1 Å². The number of rotatable bonds is 25. The average molecular weight is 714 g/mol. The van der Waals surface area contributed by atoms with Crippen LogP contribution in [0, 0.1) is 0 Å². The van der Waals surface area contributed by atoms with E-state index >= 15 is 0 Å². The Labute approximate surface area is 310 Å². The molecule has 0 fully saturated rings. The fourth-order valence-corrected chi connectivity index (χ4v) is 6.22. The van der Waals surface area contributed by atoms with Gasteiger partial charge in [0.1, 0.15) is 23.0 Å². The number of aromatic nitrogens is 3. The Morgan fingerprint density at radius 1 is 0.481 bits per heavy atom. The zero-order valence-corrected chi connectivity index (χ0v) is 31.2. The van der Waals surface area contributed by atoms with E-state index in [1.54, 1.807) is 24.3 Å². The van der Waals surface area contributed by atoms with Gasteiger partial charge >= 0.3 is 0 Å². The minimum absolute atomic E-state index is 0.119. The lowest BCUT2D eigenvalue weighted by Gasteiger charge is -2.15. The van der Waals surface area contributed by atoms with E-state index in [2.05, 4.69) is 28.8 Å². The molecule has 9 heteroatoms. The number of aromatic hydroxyl groups is 2. The number of nitrogens with zero attached hydrogens (tertiary/aromatic N) is 3. The first kappa shape index (κ1) is 40.6. The van der Waals surface area contributed by atoms with Crippen LogP contribution in [0.3, 0.4) is 0 Å². The maximum atomic E-state index is 11.1. The van der Waals surface area contributed by atoms with Crippen LogP contribution in [0.25, 0.3) is 34.2 Å². The number of hydrogen-bond acceptors (Lipinski definition) is 9. The summed E-state index contributed by atoms with van der Waals surface area (Å²) in [5.41, 5.74) is 1.42. The van der Waals surface area contributed by atoms with Crippen molar-refractivity contribution in [3.8, 4) is 57.2 Å². The number of aliphatic hydroxyl groups excluding tert-OH is 2. The van der Waals surface area contributed by atoms with Gasteiger partial charge in [-0.2, -0.15) is 0 Å². The van der Waals surface area contributed by atoms with Gasteiger partial charge in [0, 0.05) is 30.5 Å². The van der Waals surface area contributed by atoms with Gasteiger partial charge in [0.05, 0.1) is 11.1 Å². The quantitative estimate of drug-likeness (QED) is 0.0390. The van der Waals surface area contributed by atoms with E-state index in [0.29, 0.717) is 41.3 Å². The molecule has 2 atom stereocenters. The molecule has 0 saturated heterocycles. The number of phenols is 2. The fourth-order valence-electron chi connectivity index (χ4n) is 6.22. The molecule has 0 radical (unpaired) electrons. The molecule has 0 bridgehead atoms. The third kappa shape index (κ3) is 13.7. The molecule has 0 amide bonds. The van der Waals surface area contributed by atoms with Gasteiger partial charge in [0.25, 0.3) is 0 Å². The molecule has 4 aromatic rings. The van der Waals surface area contributed by atoms with Crippen molar-refractivity contribution in [2.45, 2.75) is 142 Å². The van der Waals surface area contributed by atoms with E-state index in [1.807, 2.05) is 30.3 Å². The molecule has 4 N–H and O–H groups in total. The molecular formula is C43H59N3O6. The third-order valence-corrected chi connectivity index (χ3v) is 9.24. The van der Waals surface area contributed by atoms with Gasteiger partial charge in [0.2, 0.25) is 0 Å². The summed E-state index contributed by atoms with van der Waals surface area (Å²) >= 11 is 0. The molecule has 0 saturated carbocycles. The van der Waals surface area contributed by atoms with E-state index in [1.165, 1.54) is 76.3 Å². The molecule has 282 valence electrons. The Kier molecular flexibility index (Phi) is 17.7. The van der Waals surface area contributed by atoms with Crippen LogP contribution in [-0.4, -0.2) is 48.0 Å². The SMILES string of the molecule is CCCCCCCCCCC(O)Oc1ccc(-c2nc(-c3ccccc3)nc(-c3ccc(OC(O)CCCCCCCCCC)cc3O)n2)c(O)c1. The van der Waals surface area contributed by atoms with Gasteiger partial charge in [0.15, 0.2) is 30.1 Å². The molecule has 9 nitrogen and oxygen atoms in total. The van der Waals surface area contributed by atoms with Crippen LogP contribution >= 0.6 is 0 Å². The van der Waals surface area contributed by atoms with E-state index in [0.717, 1.165) is 44.1 Å². The molecule has 0 spiro atoms. The van der Waals surface area contributed by atoms with Crippen LogP contribution in [-0.2, 0) is 0 Å².